The van der Waals surface area contributed by atoms with E-state index in [9.17, 15) is 24.6 Å². The van der Waals surface area contributed by atoms with Crippen LogP contribution < -0.4 is 15.9 Å². The molecule has 2 aromatic heterocycles. The number of aryl methyl sites for hydroxylation is 1. The van der Waals surface area contributed by atoms with E-state index in [0.717, 1.165) is 11.1 Å². The van der Waals surface area contributed by atoms with Crippen LogP contribution in [-0.4, -0.2) is 41.9 Å². The number of ketones is 1. The predicted octanol–water partition coefficient (Wildman–Crippen LogP) is 5.61. The second-order valence-electron chi connectivity index (χ2n) is 10.9. The number of carbonyl (C=O) groups excluding carboxylic acids is 1. The predicted molar refractivity (Wildman–Crippen MR) is 173 cm³/mol. The zero-order valence-electron chi connectivity index (χ0n) is 24.6. The molecule has 232 valence electrons. The molecule has 47 heavy (non-hydrogen) atoms. The fourth-order valence-electron chi connectivity index (χ4n) is 5.54. The molecule has 0 amide bonds. The smallest absolute Gasteiger partial charge is 0.336 e. The third kappa shape index (κ3) is 5.71. The topological polar surface area (TPSA) is 195 Å². The number of nitrogens with zero attached hydrogens (tertiary/aromatic N) is 3. The van der Waals surface area contributed by atoms with Crippen molar-refractivity contribution >= 4 is 39.8 Å². The van der Waals surface area contributed by atoms with Crippen molar-refractivity contribution in [2.75, 3.05) is 5.73 Å². The van der Waals surface area contributed by atoms with Gasteiger partial charge >= 0.3 is 5.97 Å². The lowest BCUT2D eigenvalue weighted by atomic mass is 9.88. The van der Waals surface area contributed by atoms with Gasteiger partial charge in [0.15, 0.2) is 16.9 Å². The number of imidazole rings is 1. The summed E-state index contributed by atoms with van der Waals surface area (Å²) < 4.78 is 11.8. The van der Waals surface area contributed by atoms with E-state index in [4.69, 9.17) is 14.9 Å². The monoisotopic (exact) mass is 627 g/mol. The highest BCUT2D eigenvalue weighted by atomic mass is 16.5. The van der Waals surface area contributed by atoms with Crippen LogP contribution in [0.25, 0.3) is 44.6 Å². The number of hydrogen-bond acceptors (Lipinski definition) is 10. The van der Waals surface area contributed by atoms with Gasteiger partial charge in [-0.15, -0.1) is 0 Å². The Balaban J connectivity index is 1.13. The number of phenols is 1. The second-order valence-corrected chi connectivity index (χ2v) is 10.9. The molecule has 12 nitrogen and oxygen atoms in total. The summed E-state index contributed by atoms with van der Waals surface area (Å²) in [6, 6.07) is 20.8. The molecule has 1 aliphatic heterocycles. The lowest BCUT2D eigenvalue weighted by molar-refractivity contribution is 0.0697. The van der Waals surface area contributed by atoms with Crippen molar-refractivity contribution in [1.82, 2.24) is 19.9 Å². The van der Waals surface area contributed by atoms with Crippen molar-refractivity contribution < 1.29 is 29.0 Å². The Kier molecular flexibility index (Phi) is 7.29. The number of fused-ring (bicyclic) bond motifs is 3. The van der Waals surface area contributed by atoms with Gasteiger partial charge in [-0.2, -0.15) is 9.97 Å². The summed E-state index contributed by atoms with van der Waals surface area (Å²) >= 11 is 0. The van der Waals surface area contributed by atoms with E-state index in [1.165, 1.54) is 42.7 Å². The number of phenolic OH excluding ortho intramolecular Hbond substituents is 1. The first kappa shape index (κ1) is 29.2. The zero-order valence-corrected chi connectivity index (χ0v) is 24.6. The van der Waals surface area contributed by atoms with Gasteiger partial charge in [-0.3, -0.25) is 9.59 Å². The largest absolute Gasteiger partial charge is 0.508 e. The number of rotatable bonds is 9. The Bertz CT molecular complexity index is 2360. The Labute approximate surface area is 265 Å². The van der Waals surface area contributed by atoms with E-state index in [0.29, 0.717) is 51.1 Å². The molecule has 0 radical (unpaired) electrons. The number of carboxylic acid groups (broad SMARTS) is 1. The number of nitrogens with two attached hydrogens (primary N) is 1. The van der Waals surface area contributed by atoms with Crippen LogP contribution in [0.4, 0.5) is 5.95 Å². The van der Waals surface area contributed by atoms with Gasteiger partial charge < -0.3 is 30.1 Å². The van der Waals surface area contributed by atoms with E-state index >= 15 is 0 Å². The molecule has 0 saturated heterocycles. The fraction of sp³-hybridized carbons (Fsp3) is 0.0857. The second kappa shape index (κ2) is 11.7. The first-order valence-electron chi connectivity index (χ1n) is 14.5. The molecule has 1 aliphatic carbocycles. The van der Waals surface area contributed by atoms with Gasteiger partial charge in [0.25, 0.3) is 0 Å². The highest BCUT2D eigenvalue weighted by Crippen LogP contribution is 2.42. The Morgan fingerprint density at radius 3 is 2.53 bits per heavy atom. The summed E-state index contributed by atoms with van der Waals surface area (Å²) in [5.74, 6) is -0.825. The molecule has 0 spiro atoms. The number of carbonyl (C=O) groups is 2. The number of aromatic amines is 1. The van der Waals surface area contributed by atoms with Crippen molar-refractivity contribution in [2.45, 2.75) is 19.4 Å². The van der Waals surface area contributed by atoms with E-state index in [-0.39, 0.29) is 52.8 Å². The number of ether oxygens (including phenoxy) is 1. The minimum atomic E-state index is -1.18. The molecule has 7 rings (SSSR count). The number of nitrogen functional groups attached to an aromatic ring is 1. The van der Waals surface area contributed by atoms with Crippen molar-refractivity contribution in [3.8, 4) is 34.1 Å². The van der Waals surface area contributed by atoms with Gasteiger partial charge in [0, 0.05) is 40.6 Å². The summed E-state index contributed by atoms with van der Waals surface area (Å²) in [6.45, 7) is 0.231. The maximum Gasteiger partial charge on any atom is 0.336 e. The van der Waals surface area contributed by atoms with Crippen LogP contribution in [0.2, 0.25) is 0 Å². The lowest BCUT2D eigenvalue weighted by Crippen LogP contribution is -2.07. The van der Waals surface area contributed by atoms with Gasteiger partial charge in [0.2, 0.25) is 11.8 Å². The molecule has 0 unspecified atom stereocenters. The van der Waals surface area contributed by atoms with Gasteiger partial charge in [0.05, 0.1) is 11.9 Å². The highest BCUT2D eigenvalue weighted by Gasteiger charge is 2.23. The van der Waals surface area contributed by atoms with Crippen LogP contribution in [0.5, 0.6) is 11.6 Å². The molecule has 0 saturated carbocycles. The first-order chi connectivity index (χ1) is 22.7. The molecule has 0 fully saturated rings. The highest BCUT2D eigenvalue weighted by molar-refractivity contribution is 6.09. The summed E-state index contributed by atoms with van der Waals surface area (Å²) in [6.07, 6.45) is 2.12. The standard InChI is InChI=1S/C35H25N5O7/c36-35-39-32-31(37-17-38-32)33(40-35)46-16-19-3-1-18(2-4-19)5-12-27(43)20-6-9-23(34(44)45)26(13-20)30-24-10-7-21(41)14-28(24)47-29-15-22(42)8-11-25(29)30/h1-4,6-11,13-15,17,41H,5,12,16H2,(H,44,45)(H3,36,37,38,39,40). The third-order valence-corrected chi connectivity index (χ3v) is 7.83. The van der Waals surface area contributed by atoms with Crippen molar-refractivity contribution in [3.05, 3.63) is 118 Å². The first-order valence-corrected chi connectivity index (χ1v) is 14.5. The van der Waals surface area contributed by atoms with Gasteiger partial charge in [-0.25, -0.2) is 9.78 Å². The molecular weight excluding hydrogens is 602 g/mol. The normalized spacial score (nSPS) is 11.3. The fourth-order valence-corrected chi connectivity index (χ4v) is 5.54. The van der Waals surface area contributed by atoms with Gasteiger partial charge in [-0.1, -0.05) is 30.3 Å². The van der Waals surface area contributed by atoms with Crippen LogP contribution in [0.3, 0.4) is 0 Å². The molecular formula is C35H25N5O7. The Morgan fingerprint density at radius 2 is 1.72 bits per heavy atom. The van der Waals surface area contributed by atoms with Crippen molar-refractivity contribution in [2.24, 2.45) is 0 Å². The molecule has 3 heterocycles. The number of nitrogens with one attached hydrogen (secondary N) is 1. The SMILES string of the molecule is Nc1nc(OCc2ccc(CCC(=O)c3ccc(C(=O)O)c(-c4c5ccc(=O)cc-5oc5cc(O)ccc45)c3)cc2)c2[nH]cnc2n1. The number of H-pyrrole nitrogens is 1. The maximum absolute atomic E-state index is 13.4. The molecule has 3 aromatic carbocycles. The summed E-state index contributed by atoms with van der Waals surface area (Å²) in [5, 5.41) is 20.7. The number of benzene rings is 4. The molecule has 2 aliphatic rings. The van der Waals surface area contributed by atoms with Crippen LogP contribution in [-0.2, 0) is 13.0 Å². The minimum Gasteiger partial charge on any atom is -0.508 e. The van der Waals surface area contributed by atoms with Crippen LogP contribution in [0, 0.1) is 0 Å². The Morgan fingerprint density at radius 1 is 0.915 bits per heavy atom. The number of Topliss-reactive ketones (excluding diaryl/α,β-unsaturated/α-hetero) is 1. The molecule has 0 bridgehead atoms. The number of aromatic nitrogens is 4. The number of aromatic carboxylic acids is 1. The number of anilines is 1. The quantitative estimate of drug-likeness (QED) is 0.115. The average molecular weight is 628 g/mol. The Hall–Kier alpha value is -6.56. The summed E-state index contributed by atoms with van der Waals surface area (Å²) in [5.41, 5.74) is 10.1. The molecule has 5 N–H and O–H groups in total. The average Bonchev–Trinajstić information content (AvgIpc) is 3.53. The van der Waals surface area contributed by atoms with Crippen LogP contribution >= 0.6 is 0 Å². The zero-order chi connectivity index (χ0) is 32.7. The number of carboxylic acids is 1. The van der Waals surface area contributed by atoms with Gasteiger partial charge in [0.1, 0.15) is 29.2 Å². The lowest BCUT2D eigenvalue weighted by Gasteiger charge is -2.17. The van der Waals surface area contributed by atoms with E-state index in [2.05, 4.69) is 19.9 Å². The van der Waals surface area contributed by atoms with Crippen LogP contribution in [0.1, 0.15) is 38.3 Å². The van der Waals surface area contributed by atoms with E-state index < -0.39 is 5.97 Å². The molecule has 12 heteroatoms. The summed E-state index contributed by atoms with van der Waals surface area (Å²) in [7, 11) is 0. The van der Waals surface area contributed by atoms with E-state index in [1.54, 1.807) is 18.2 Å². The van der Waals surface area contributed by atoms with Crippen molar-refractivity contribution in [3.63, 3.8) is 0 Å². The molecule has 5 aromatic rings. The van der Waals surface area contributed by atoms with E-state index in [1.807, 2.05) is 24.3 Å². The van der Waals surface area contributed by atoms with Crippen molar-refractivity contribution in [1.29, 1.82) is 0 Å². The molecule has 0 atom stereocenters. The summed E-state index contributed by atoms with van der Waals surface area (Å²) in [4.78, 5) is 53.1. The third-order valence-electron chi connectivity index (χ3n) is 7.83. The number of aromatic hydroxyl groups is 1. The minimum absolute atomic E-state index is 0.0228. The van der Waals surface area contributed by atoms with Crippen LogP contribution in [0.15, 0.2) is 94.4 Å². The van der Waals surface area contributed by atoms with Gasteiger partial charge in [-0.05, 0) is 59.5 Å². The number of hydrogen-bond donors (Lipinski definition) is 4. The maximum atomic E-state index is 13.4.